The average Bonchev–Trinajstić information content (AvgIpc) is 2.45. The van der Waals surface area contributed by atoms with Crippen molar-refractivity contribution < 1.29 is 13.2 Å². The normalized spacial score (nSPS) is 18.0. The molecule has 128 valence electrons. The van der Waals surface area contributed by atoms with Crippen LogP contribution in [-0.2, 0) is 0 Å². The Morgan fingerprint density at radius 3 is 2.27 bits per heavy atom. The number of piperazine rings is 1. The lowest BCUT2D eigenvalue weighted by Gasteiger charge is -2.38. The molecule has 1 aliphatic heterocycles. The summed E-state index contributed by atoms with van der Waals surface area (Å²) in [5.74, 6) is -2.62. The maximum Gasteiger partial charge on any atom is 0.163 e. The summed E-state index contributed by atoms with van der Waals surface area (Å²) in [5, 5.41) is 3.23. The fourth-order valence-corrected chi connectivity index (χ4v) is 2.84. The number of halogens is 5. The van der Waals surface area contributed by atoms with Crippen LogP contribution in [0.1, 0.15) is 31.9 Å². The van der Waals surface area contributed by atoms with Gasteiger partial charge in [-0.1, -0.05) is 20.3 Å². The summed E-state index contributed by atoms with van der Waals surface area (Å²) in [6.07, 6.45) is 0.826. The van der Waals surface area contributed by atoms with Crippen LogP contribution in [0.15, 0.2) is 12.1 Å². The summed E-state index contributed by atoms with van der Waals surface area (Å²) in [6.45, 7) is 7.14. The summed E-state index contributed by atoms with van der Waals surface area (Å²) in [6, 6.07) is 1.45. The molecule has 0 spiro atoms. The van der Waals surface area contributed by atoms with E-state index in [1.807, 2.05) is 13.8 Å². The van der Waals surface area contributed by atoms with E-state index in [1.54, 1.807) is 0 Å². The van der Waals surface area contributed by atoms with Crippen molar-refractivity contribution in [2.24, 2.45) is 5.92 Å². The first-order chi connectivity index (χ1) is 9.54. The number of nitrogens with one attached hydrogen (secondary N) is 1. The summed E-state index contributed by atoms with van der Waals surface area (Å²) >= 11 is 0. The zero-order valence-corrected chi connectivity index (χ0v) is 14.4. The molecular weight excluding hydrogens is 336 g/mol. The number of nitrogens with zero attached hydrogens (tertiary/aromatic N) is 1. The van der Waals surface area contributed by atoms with Gasteiger partial charge in [-0.3, -0.25) is 4.90 Å². The Morgan fingerprint density at radius 1 is 1.14 bits per heavy atom. The minimum atomic E-state index is -1.11. The van der Waals surface area contributed by atoms with Crippen molar-refractivity contribution >= 4 is 24.8 Å². The van der Waals surface area contributed by atoms with Crippen molar-refractivity contribution in [1.29, 1.82) is 0 Å². The molecule has 1 saturated heterocycles. The minimum absolute atomic E-state index is 0. The third kappa shape index (κ3) is 4.75. The molecule has 2 atom stereocenters. The van der Waals surface area contributed by atoms with Crippen molar-refractivity contribution in [3.8, 4) is 0 Å². The van der Waals surface area contributed by atoms with Crippen molar-refractivity contribution in [2.75, 3.05) is 26.2 Å². The van der Waals surface area contributed by atoms with E-state index in [-0.39, 0.29) is 42.3 Å². The van der Waals surface area contributed by atoms with Gasteiger partial charge < -0.3 is 5.32 Å². The Bertz CT molecular complexity index is 468. The van der Waals surface area contributed by atoms with Gasteiger partial charge in [-0.05, 0) is 12.0 Å². The van der Waals surface area contributed by atoms with Crippen LogP contribution in [-0.4, -0.2) is 31.1 Å². The maximum absolute atomic E-state index is 14.1. The summed E-state index contributed by atoms with van der Waals surface area (Å²) in [5.41, 5.74) is 0.138. The second-order valence-corrected chi connectivity index (χ2v) is 5.41. The summed E-state index contributed by atoms with van der Waals surface area (Å²) in [7, 11) is 0. The molecule has 1 N–H and O–H groups in total. The van der Waals surface area contributed by atoms with Gasteiger partial charge in [0.1, 0.15) is 5.82 Å². The molecule has 1 aromatic rings. The quantitative estimate of drug-likeness (QED) is 0.820. The van der Waals surface area contributed by atoms with Gasteiger partial charge >= 0.3 is 0 Å². The topological polar surface area (TPSA) is 15.3 Å². The first kappa shape index (κ1) is 21.5. The van der Waals surface area contributed by atoms with Crippen LogP contribution in [0, 0.1) is 23.4 Å². The predicted octanol–water partition coefficient (Wildman–Crippen LogP) is 3.94. The fourth-order valence-electron chi connectivity index (χ4n) is 2.84. The molecule has 1 unspecified atom stereocenters. The zero-order valence-electron chi connectivity index (χ0n) is 12.7. The highest BCUT2D eigenvalue weighted by atomic mass is 35.5. The lowest BCUT2D eigenvalue weighted by atomic mass is 9.90. The van der Waals surface area contributed by atoms with Crippen LogP contribution in [0.3, 0.4) is 0 Å². The molecule has 1 fully saturated rings. The highest BCUT2D eigenvalue weighted by Gasteiger charge is 2.30. The first-order valence-electron chi connectivity index (χ1n) is 7.13. The van der Waals surface area contributed by atoms with E-state index >= 15 is 0 Å². The van der Waals surface area contributed by atoms with Crippen molar-refractivity contribution in [2.45, 2.75) is 26.3 Å². The minimum Gasteiger partial charge on any atom is -0.314 e. The molecule has 1 aromatic carbocycles. The van der Waals surface area contributed by atoms with Gasteiger partial charge in [0.15, 0.2) is 11.6 Å². The van der Waals surface area contributed by atoms with Gasteiger partial charge in [0.2, 0.25) is 0 Å². The molecule has 1 heterocycles. The van der Waals surface area contributed by atoms with E-state index in [4.69, 9.17) is 0 Å². The molecule has 22 heavy (non-hydrogen) atoms. The van der Waals surface area contributed by atoms with Crippen molar-refractivity contribution in [1.82, 2.24) is 10.2 Å². The average molecular weight is 359 g/mol. The summed E-state index contributed by atoms with van der Waals surface area (Å²) in [4.78, 5) is 2.11. The largest absolute Gasteiger partial charge is 0.314 e. The SMILES string of the molecule is CCC(C)[C@H](c1cc(F)cc(F)c1F)N1CCNCC1.Cl.Cl. The molecule has 0 saturated carbocycles. The Morgan fingerprint density at radius 2 is 1.73 bits per heavy atom. The number of benzene rings is 1. The van der Waals surface area contributed by atoms with Gasteiger partial charge in [0, 0.05) is 43.9 Å². The van der Waals surface area contributed by atoms with Crippen LogP contribution in [0.4, 0.5) is 13.2 Å². The smallest absolute Gasteiger partial charge is 0.163 e. The van der Waals surface area contributed by atoms with Crippen molar-refractivity contribution in [3.05, 3.63) is 35.1 Å². The van der Waals surface area contributed by atoms with Crippen LogP contribution in [0.5, 0.6) is 0 Å². The van der Waals surface area contributed by atoms with Crippen LogP contribution in [0.25, 0.3) is 0 Å². The Hall–Kier alpha value is -0.490. The van der Waals surface area contributed by atoms with E-state index in [0.717, 1.165) is 38.7 Å². The van der Waals surface area contributed by atoms with Gasteiger partial charge in [0.25, 0.3) is 0 Å². The zero-order chi connectivity index (χ0) is 14.7. The van der Waals surface area contributed by atoms with Gasteiger partial charge in [-0.15, -0.1) is 24.8 Å². The second kappa shape index (κ2) is 9.60. The number of rotatable bonds is 4. The summed E-state index contributed by atoms with van der Waals surface area (Å²) < 4.78 is 41.1. The number of hydrogen-bond donors (Lipinski definition) is 1. The molecule has 7 heteroatoms. The molecule has 2 nitrogen and oxygen atoms in total. The number of hydrogen-bond acceptors (Lipinski definition) is 2. The second-order valence-electron chi connectivity index (χ2n) is 5.41. The van der Waals surface area contributed by atoms with E-state index in [2.05, 4.69) is 10.2 Å². The maximum atomic E-state index is 14.1. The van der Waals surface area contributed by atoms with E-state index in [0.29, 0.717) is 6.07 Å². The van der Waals surface area contributed by atoms with Crippen molar-refractivity contribution in [3.63, 3.8) is 0 Å². The Balaban J connectivity index is 0.00000220. The van der Waals surface area contributed by atoms with Crippen LogP contribution in [0.2, 0.25) is 0 Å². The lowest BCUT2D eigenvalue weighted by molar-refractivity contribution is 0.124. The molecule has 0 aliphatic carbocycles. The highest BCUT2D eigenvalue weighted by Crippen LogP contribution is 2.33. The molecular formula is C15H23Cl2F3N2. The van der Waals surface area contributed by atoms with Gasteiger partial charge in [-0.2, -0.15) is 0 Å². The third-order valence-electron chi connectivity index (χ3n) is 4.07. The molecule has 1 aliphatic rings. The molecule has 0 aromatic heterocycles. The van der Waals surface area contributed by atoms with E-state index in [1.165, 1.54) is 0 Å². The first-order valence-corrected chi connectivity index (χ1v) is 7.13. The fraction of sp³-hybridized carbons (Fsp3) is 0.600. The monoisotopic (exact) mass is 358 g/mol. The molecule has 2 rings (SSSR count). The molecule has 0 amide bonds. The van der Waals surface area contributed by atoms with Gasteiger partial charge in [-0.25, -0.2) is 13.2 Å². The van der Waals surface area contributed by atoms with E-state index < -0.39 is 17.5 Å². The molecule has 0 bridgehead atoms. The predicted molar refractivity (Wildman–Crippen MR) is 87.5 cm³/mol. The lowest BCUT2D eigenvalue weighted by Crippen LogP contribution is -2.46. The standard InChI is InChI=1S/C15H21F3N2.2ClH/c1-3-10(2)15(20-6-4-19-5-7-20)12-8-11(16)9-13(17)14(12)18;;/h8-10,15,19H,3-7H2,1-2H3;2*1H/t10?,15-;;/m1../s1. The molecule has 0 radical (unpaired) electrons. The Labute approximate surface area is 142 Å². The van der Waals surface area contributed by atoms with Crippen LogP contribution >= 0.6 is 24.8 Å². The van der Waals surface area contributed by atoms with E-state index in [9.17, 15) is 13.2 Å². The van der Waals surface area contributed by atoms with Crippen LogP contribution < -0.4 is 5.32 Å². The third-order valence-corrected chi connectivity index (χ3v) is 4.07. The van der Waals surface area contributed by atoms with Gasteiger partial charge in [0.05, 0.1) is 0 Å². The highest BCUT2D eigenvalue weighted by molar-refractivity contribution is 5.85. The Kier molecular flexibility index (Phi) is 9.39.